The molecule has 0 radical (unpaired) electrons. The lowest BCUT2D eigenvalue weighted by Gasteiger charge is -2.37. The van der Waals surface area contributed by atoms with Gasteiger partial charge in [-0.2, -0.15) is 18.2 Å². The van der Waals surface area contributed by atoms with E-state index >= 15 is 0 Å². The Morgan fingerprint density at radius 1 is 1.07 bits per heavy atom. The number of carbonyl (C=O) groups is 4. The largest absolute Gasteiger partial charge is 0.505 e. The fraction of sp³-hybridized carbons (Fsp3) is 0.481. The van der Waals surface area contributed by atoms with E-state index in [1.807, 2.05) is 0 Å². The summed E-state index contributed by atoms with van der Waals surface area (Å²) in [5.74, 6) is -14.3. The third-order valence-corrected chi connectivity index (χ3v) is 7.65. The number of aromatic hydroxyl groups is 1. The zero-order chi connectivity index (χ0) is 31.6. The van der Waals surface area contributed by atoms with Crippen molar-refractivity contribution in [1.82, 2.24) is 25.9 Å². The van der Waals surface area contributed by atoms with Crippen molar-refractivity contribution in [3.8, 4) is 5.75 Å². The number of aliphatic hydroxyl groups excluding tert-OH is 1. The number of rotatable bonds is 5. The Labute approximate surface area is 242 Å². The fourth-order valence-electron chi connectivity index (χ4n) is 4.86. The second kappa shape index (κ2) is 12.9. The highest BCUT2D eigenvalue weighted by atomic mass is 19.2. The summed E-state index contributed by atoms with van der Waals surface area (Å²) in [4.78, 5) is 59.2. The average molecular weight is 612 g/mol. The van der Waals surface area contributed by atoms with Crippen LogP contribution in [0.15, 0.2) is 18.3 Å². The van der Waals surface area contributed by atoms with Gasteiger partial charge in [0.1, 0.15) is 11.8 Å². The second-order valence-corrected chi connectivity index (χ2v) is 10.6. The highest BCUT2D eigenvalue weighted by Crippen LogP contribution is 2.32. The third kappa shape index (κ3) is 6.68. The Bertz CT molecular complexity index is 1430. The van der Waals surface area contributed by atoms with Crippen molar-refractivity contribution in [2.24, 2.45) is 11.8 Å². The lowest BCUT2D eigenvalue weighted by molar-refractivity contribution is -0.169. The summed E-state index contributed by atoms with van der Waals surface area (Å²) in [7, 11) is 0. The van der Waals surface area contributed by atoms with Crippen molar-refractivity contribution in [2.45, 2.75) is 69.9 Å². The van der Waals surface area contributed by atoms with Crippen LogP contribution >= 0.6 is 0 Å². The van der Waals surface area contributed by atoms with Crippen LogP contribution in [0.25, 0.3) is 0 Å². The zero-order valence-corrected chi connectivity index (χ0v) is 22.9. The SMILES string of the molecule is CC1NC(=O)C(C2CCC2)OC(=O)C(C)C(O)C(Cc2c(F)nc(F)c(F)c2F)NC(=O)C1NC(=O)c1ncccc1O. The van der Waals surface area contributed by atoms with E-state index in [2.05, 4.69) is 25.9 Å². The summed E-state index contributed by atoms with van der Waals surface area (Å²) in [6.45, 7) is 2.51. The van der Waals surface area contributed by atoms with Crippen LogP contribution in [0.1, 0.15) is 49.2 Å². The Hall–Kier alpha value is -4.34. The average Bonchev–Trinajstić information content (AvgIpc) is 2.93. The van der Waals surface area contributed by atoms with Gasteiger partial charge in [0.15, 0.2) is 17.6 Å². The Kier molecular flexibility index (Phi) is 9.47. The molecule has 232 valence electrons. The number of esters is 1. The fourth-order valence-corrected chi connectivity index (χ4v) is 4.86. The predicted octanol–water partition coefficient (Wildman–Crippen LogP) is 0.792. The number of hydrogen-bond donors (Lipinski definition) is 5. The van der Waals surface area contributed by atoms with Crippen LogP contribution in [0.4, 0.5) is 17.6 Å². The Balaban J connectivity index is 1.73. The van der Waals surface area contributed by atoms with E-state index in [0.717, 1.165) is 6.42 Å². The molecule has 12 nitrogen and oxygen atoms in total. The van der Waals surface area contributed by atoms with Gasteiger partial charge in [-0.05, 0) is 38.8 Å². The van der Waals surface area contributed by atoms with Crippen LogP contribution in [0.3, 0.4) is 0 Å². The number of amides is 3. The molecule has 3 amide bonds. The normalized spacial score (nSPS) is 27.1. The van der Waals surface area contributed by atoms with Crippen molar-refractivity contribution < 1.29 is 51.7 Å². The first kappa shape index (κ1) is 31.6. The maximum absolute atomic E-state index is 14.6. The summed E-state index contributed by atoms with van der Waals surface area (Å²) in [5, 5.41) is 28.3. The minimum atomic E-state index is -2.10. The summed E-state index contributed by atoms with van der Waals surface area (Å²) in [6.07, 6.45) is -1.23. The molecule has 1 aliphatic carbocycles. The van der Waals surface area contributed by atoms with Gasteiger partial charge < -0.3 is 30.9 Å². The van der Waals surface area contributed by atoms with Crippen LogP contribution in [0, 0.1) is 35.4 Å². The van der Waals surface area contributed by atoms with E-state index < -0.39 is 107 Å². The Morgan fingerprint density at radius 2 is 1.77 bits per heavy atom. The molecule has 0 spiro atoms. The van der Waals surface area contributed by atoms with Crippen LogP contribution in [-0.4, -0.2) is 74.2 Å². The number of hydrogen-bond acceptors (Lipinski definition) is 9. The summed E-state index contributed by atoms with van der Waals surface area (Å²) in [6, 6.07) is -2.12. The zero-order valence-electron chi connectivity index (χ0n) is 22.9. The number of ether oxygens (including phenoxy) is 1. The molecule has 0 aromatic carbocycles. The molecule has 6 unspecified atom stereocenters. The van der Waals surface area contributed by atoms with Gasteiger partial charge in [-0.25, -0.2) is 9.37 Å². The van der Waals surface area contributed by atoms with Crippen LogP contribution in [-0.2, 0) is 25.5 Å². The second-order valence-electron chi connectivity index (χ2n) is 10.6. The molecule has 2 fully saturated rings. The van der Waals surface area contributed by atoms with Crippen LogP contribution < -0.4 is 16.0 Å². The number of nitrogens with zero attached hydrogens (tertiary/aromatic N) is 2. The van der Waals surface area contributed by atoms with Gasteiger partial charge in [0.05, 0.1) is 24.1 Å². The number of pyridine rings is 2. The van der Waals surface area contributed by atoms with Gasteiger partial charge in [0, 0.05) is 24.1 Å². The topological polar surface area (TPSA) is 180 Å². The van der Waals surface area contributed by atoms with E-state index in [-0.39, 0.29) is 5.92 Å². The molecule has 2 aromatic heterocycles. The van der Waals surface area contributed by atoms with E-state index in [4.69, 9.17) is 4.74 Å². The first-order valence-corrected chi connectivity index (χ1v) is 13.4. The molecule has 6 atom stereocenters. The maximum Gasteiger partial charge on any atom is 0.312 e. The first-order valence-electron chi connectivity index (χ1n) is 13.4. The predicted molar refractivity (Wildman–Crippen MR) is 137 cm³/mol. The Morgan fingerprint density at radius 3 is 2.40 bits per heavy atom. The molecule has 1 saturated heterocycles. The van der Waals surface area contributed by atoms with E-state index in [0.29, 0.717) is 12.8 Å². The van der Waals surface area contributed by atoms with Crippen molar-refractivity contribution in [1.29, 1.82) is 0 Å². The molecule has 2 aliphatic rings. The van der Waals surface area contributed by atoms with Crippen molar-refractivity contribution in [3.05, 3.63) is 53.1 Å². The molecule has 1 saturated carbocycles. The standard InChI is InChI=1S/C27H29F4N5O7/c1-10-20(38)14(9-13-16(28)17(29)23(31)36-22(13)30)34-24(39)18(35-25(40)19-15(37)7-4-8-32-19)11(2)33-26(41)21(43-27(10)42)12-5-3-6-12/h4,7-8,10-12,14,18,20-21,37-38H,3,5-6,9H2,1-2H3,(H,33,41)(H,34,39)(H,35,40). The summed E-state index contributed by atoms with van der Waals surface area (Å²) < 4.78 is 61.9. The van der Waals surface area contributed by atoms with Crippen LogP contribution in [0.5, 0.6) is 5.75 Å². The summed E-state index contributed by atoms with van der Waals surface area (Å²) >= 11 is 0. The number of nitrogens with one attached hydrogen (secondary N) is 3. The molecule has 2 aromatic rings. The molecule has 3 heterocycles. The highest BCUT2D eigenvalue weighted by molar-refractivity contribution is 5.98. The number of cyclic esters (lactones) is 1. The first-order chi connectivity index (χ1) is 20.3. The monoisotopic (exact) mass is 611 g/mol. The molecule has 43 heavy (non-hydrogen) atoms. The summed E-state index contributed by atoms with van der Waals surface area (Å²) in [5.41, 5.74) is -1.60. The van der Waals surface area contributed by atoms with Crippen molar-refractivity contribution >= 4 is 23.7 Å². The van der Waals surface area contributed by atoms with E-state index in [9.17, 15) is 47.0 Å². The van der Waals surface area contributed by atoms with Gasteiger partial charge in [0.25, 0.3) is 17.8 Å². The van der Waals surface area contributed by atoms with Gasteiger partial charge >= 0.3 is 5.97 Å². The molecule has 4 rings (SSSR count). The molecular weight excluding hydrogens is 582 g/mol. The lowest BCUT2D eigenvalue weighted by atomic mass is 9.80. The minimum absolute atomic E-state index is 0.372. The molecule has 5 N–H and O–H groups in total. The number of aromatic nitrogens is 2. The van der Waals surface area contributed by atoms with Gasteiger partial charge in [-0.1, -0.05) is 6.42 Å². The molecule has 1 aliphatic heterocycles. The third-order valence-electron chi connectivity index (χ3n) is 7.65. The lowest BCUT2D eigenvalue weighted by Crippen LogP contribution is -2.63. The van der Waals surface area contributed by atoms with Gasteiger partial charge in [-0.15, -0.1) is 0 Å². The van der Waals surface area contributed by atoms with Gasteiger partial charge in [-0.3, -0.25) is 19.2 Å². The van der Waals surface area contributed by atoms with Crippen molar-refractivity contribution in [3.63, 3.8) is 0 Å². The number of aliphatic hydroxyl groups is 1. The van der Waals surface area contributed by atoms with E-state index in [1.165, 1.54) is 32.2 Å². The molecule has 0 bridgehead atoms. The number of halogens is 4. The van der Waals surface area contributed by atoms with Gasteiger partial charge in [0.2, 0.25) is 17.7 Å². The van der Waals surface area contributed by atoms with E-state index in [1.54, 1.807) is 0 Å². The minimum Gasteiger partial charge on any atom is -0.505 e. The highest BCUT2D eigenvalue weighted by Gasteiger charge is 2.43. The smallest absolute Gasteiger partial charge is 0.312 e. The molecule has 16 heteroatoms. The quantitative estimate of drug-likeness (QED) is 0.186. The molecular formula is C27H29F4N5O7. The van der Waals surface area contributed by atoms with Crippen LogP contribution in [0.2, 0.25) is 0 Å². The van der Waals surface area contributed by atoms with Crippen molar-refractivity contribution in [2.75, 3.05) is 0 Å². The maximum atomic E-state index is 14.6. The number of carbonyl (C=O) groups excluding carboxylic acids is 4.